The number of aliphatic hydroxyl groups is 3. The van der Waals surface area contributed by atoms with Crippen LogP contribution in [0.15, 0.2) is 63.8 Å². The fourth-order valence-electron chi connectivity index (χ4n) is 4.29. The van der Waals surface area contributed by atoms with Crippen LogP contribution in [0.1, 0.15) is 24.0 Å². The lowest BCUT2D eigenvalue weighted by Gasteiger charge is -2.40. The molecule has 3 aromatic rings. The van der Waals surface area contributed by atoms with Gasteiger partial charge in [0.25, 0.3) is 0 Å². The predicted octanol–water partition coefficient (Wildman–Crippen LogP) is 0.497. The molecule has 1 aliphatic heterocycles. The van der Waals surface area contributed by atoms with Crippen LogP contribution in [-0.4, -0.2) is 74.1 Å². The number of carboxylic acids is 1. The summed E-state index contributed by atoms with van der Waals surface area (Å²) in [6.45, 7) is 1.13. The first-order valence-corrected chi connectivity index (χ1v) is 11.0. The van der Waals surface area contributed by atoms with Crippen molar-refractivity contribution < 1.29 is 49.0 Å². The number of benzene rings is 2. The monoisotopic (exact) mass is 500 g/mol. The number of ketones is 1. The van der Waals surface area contributed by atoms with Gasteiger partial charge in [-0.05, 0) is 24.6 Å². The summed E-state index contributed by atoms with van der Waals surface area (Å²) in [5.74, 6) is -4.03. The lowest BCUT2D eigenvalue weighted by Crippen LogP contribution is -2.61. The van der Waals surface area contributed by atoms with Crippen molar-refractivity contribution in [3.8, 4) is 5.75 Å². The molecular formula is C25H24O11. The Morgan fingerprint density at radius 2 is 1.58 bits per heavy atom. The van der Waals surface area contributed by atoms with E-state index in [-0.39, 0.29) is 16.5 Å². The lowest BCUT2D eigenvalue weighted by molar-refractivity contribution is -0.302. The SMILES string of the molecule is CC(=O)C(O[C@@H]1OC(C(=O)O)[C@@H](O)C(O)C1O)C(c1ccccc1)c1c(O)c2ccccc2oc1=O. The third-order valence-electron chi connectivity index (χ3n) is 6.09. The van der Waals surface area contributed by atoms with E-state index in [9.17, 15) is 39.9 Å². The quantitative estimate of drug-likeness (QED) is 0.285. The molecule has 1 saturated heterocycles. The van der Waals surface area contributed by atoms with Gasteiger partial charge in [-0.1, -0.05) is 42.5 Å². The Bertz CT molecular complexity index is 1320. The van der Waals surface area contributed by atoms with E-state index in [1.165, 1.54) is 12.1 Å². The maximum atomic E-state index is 13.1. The second-order valence-electron chi connectivity index (χ2n) is 8.44. The van der Waals surface area contributed by atoms with Crippen LogP contribution in [0.4, 0.5) is 0 Å². The van der Waals surface area contributed by atoms with Gasteiger partial charge < -0.3 is 39.4 Å². The number of hydrogen-bond acceptors (Lipinski definition) is 10. The van der Waals surface area contributed by atoms with Crippen molar-refractivity contribution in [1.82, 2.24) is 0 Å². The number of carbonyl (C=O) groups is 2. The average Bonchev–Trinajstić information content (AvgIpc) is 2.85. The smallest absolute Gasteiger partial charge is 0.343 e. The van der Waals surface area contributed by atoms with Crippen LogP contribution in [0.25, 0.3) is 11.0 Å². The normalized spacial score (nSPS) is 25.8. The highest BCUT2D eigenvalue weighted by atomic mass is 16.7. The number of Topliss-reactive ketones (excluding diaryl/α,β-unsaturated/α-hetero) is 1. The van der Waals surface area contributed by atoms with Crippen molar-refractivity contribution in [2.24, 2.45) is 0 Å². The van der Waals surface area contributed by atoms with Crippen LogP contribution in [0.2, 0.25) is 0 Å². The van der Waals surface area contributed by atoms with Gasteiger partial charge in [0, 0.05) is 0 Å². The molecule has 1 aromatic heterocycles. The molecule has 0 saturated carbocycles. The summed E-state index contributed by atoms with van der Waals surface area (Å²) < 4.78 is 16.3. The number of carboxylic acid groups (broad SMARTS) is 1. The number of carbonyl (C=O) groups excluding carboxylic acids is 1. The maximum Gasteiger partial charge on any atom is 0.343 e. The fraction of sp³-hybridized carbons (Fsp3) is 0.320. The maximum absolute atomic E-state index is 13.1. The highest BCUT2D eigenvalue weighted by Gasteiger charge is 2.49. The van der Waals surface area contributed by atoms with Crippen molar-refractivity contribution in [2.45, 2.75) is 49.7 Å². The number of aromatic hydroxyl groups is 1. The summed E-state index contributed by atoms with van der Waals surface area (Å²) in [6, 6.07) is 14.3. The van der Waals surface area contributed by atoms with Crippen LogP contribution >= 0.6 is 0 Å². The van der Waals surface area contributed by atoms with E-state index in [1.54, 1.807) is 42.5 Å². The van der Waals surface area contributed by atoms with Crippen LogP contribution in [0, 0.1) is 0 Å². The van der Waals surface area contributed by atoms with Gasteiger partial charge in [-0.25, -0.2) is 9.59 Å². The highest BCUT2D eigenvalue weighted by Crippen LogP contribution is 2.38. The molecule has 0 aliphatic carbocycles. The van der Waals surface area contributed by atoms with Crippen LogP contribution in [0.5, 0.6) is 5.75 Å². The standard InChI is InChI=1S/C25H24O11/c1-11(26)21(35-25-20(30)18(28)19(29)22(36-25)23(31)32)15(12-7-3-2-4-8-12)16-17(27)13-9-5-6-10-14(13)34-24(16)33/h2-10,15,18-22,25,27-30H,1H3,(H,31,32)/t15?,18?,19-,20?,21?,22?,25+/m0/s1. The molecule has 1 aliphatic rings. The van der Waals surface area contributed by atoms with Gasteiger partial charge in [-0.3, -0.25) is 4.79 Å². The average molecular weight is 500 g/mol. The number of ether oxygens (including phenoxy) is 2. The zero-order valence-corrected chi connectivity index (χ0v) is 18.9. The molecule has 5 unspecified atom stereocenters. The number of hydrogen-bond donors (Lipinski definition) is 5. The van der Waals surface area contributed by atoms with Gasteiger partial charge in [0.05, 0.1) is 16.9 Å². The summed E-state index contributed by atoms with van der Waals surface area (Å²) in [6.07, 6.45) is -11.3. The lowest BCUT2D eigenvalue weighted by atomic mass is 9.84. The second-order valence-corrected chi connectivity index (χ2v) is 8.44. The largest absolute Gasteiger partial charge is 0.507 e. The van der Waals surface area contributed by atoms with Gasteiger partial charge in [0.15, 0.2) is 18.2 Å². The molecule has 11 heteroatoms. The Hall–Kier alpha value is -3.61. The minimum atomic E-state index is -1.97. The molecule has 2 heterocycles. The van der Waals surface area contributed by atoms with E-state index in [1.807, 2.05) is 0 Å². The van der Waals surface area contributed by atoms with E-state index < -0.39 is 65.9 Å². The number of para-hydroxylation sites is 1. The topological polar surface area (TPSA) is 184 Å². The summed E-state index contributed by atoms with van der Waals surface area (Å²) >= 11 is 0. The Kier molecular flexibility index (Phi) is 7.20. The van der Waals surface area contributed by atoms with Crippen molar-refractivity contribution in [1.29, 1.82) is 0 Å². The summed E-state index contributed by atoms with van der Waals surface area (Å²) in [5.41, 5.74) is -0.779. The molecule has 0 radical (unpaired) electrons. The fourth-order valence-corrected chi connectivity index (χ4v) is 4.29. The molecule has 4 rings (SSSR count). The first kappa shape index (κ1) is 25.5. The van der Waals surface area contributed by atoms with E-state index >= 15 is 0 Å². The zero-order chi connectivity index (χ0) is 26.1. The molecule has 1 fully saturated rings. The summed E-state index contributed by atoms with van der Waals surface area (Å²) in [5, 5.41) is 51.1. The van der Waals surface area contributed by atoms with Gasteiger partial charge in [-0.2, -0.15) is 0 Å². The molecule has 36 heavy (non-hydrogen) atoms. The third kappa shape index (κ3) is 4.62. The van der Waals surface area contributed by atoms with E-state index in [0.717, 1.165) is 6.92 Å². The van der Waals surface area contributed by atoms with E-state index in [2.05, 4.69) is 0 Å². The van der Waals surface area contributed by atoms with Gasteiger partial charge in [-0.15, -0.1) is 0 Å². The van der Waals surface area contributed by atoms with Crippen molar-refractivity contribution in [2.75, 3.05) is 0 Å². The molecule has 7 atom stereocenters. The van der Waals surface area contributed by atoms with Crippen LogP contribution in [-0.2, 0) is 19.1 Å². The minimum absolute atomic E-state index is 0.114. The van der Waals surface area contributed by atoms with Crippen molar-refractivity contribution in [3.05, 3.63) is 76.1 Å². The first-order chi connectivity index (χ1) is 17.1. The minimum Gasteiger partial charge on any atom is -0.507 e. The number of fused-ring (bicyclic) bond motifs is 1. The summed E-state index contributed by atoms with van der Waals surface area (Å²) in [4.78, 5) is 37.4. The van der Waals surface area contributed by atoms with Crippen LogP contribution in [0.3, 0.4) is 0 Å². The molecule has 0 spiro atoms. The Balaban J connectivity index is 1.84. The van der Waals surface area contributed by atoms with E-state index in [0.29, 0.717) is 5.56 Å². The number of aliphatic hydroxyl groups excluding tert-OH is 3. The van der Waals surface area contributed by atoms with E-state index in [4.69, 9.17) is 13.9 Å². The number of rotatable bonds is 7. The molecule has 0 amide bonds. The van der Waals surface area contributed by atoms with Crippen LogP contribution < -0.4 is 5.63 Å². The predicted molar refractivity (Wildman–Crippen MR) is 122 cm³/mol. The Morgan fingerprint density at radius 1 is 0.944 bits per heavy atom. The molecule has 0 bridgehead atoms. The molecular weight excluding hydrogens is 476 g/mol. The molecule has 190 valence electrons. The van der Waals surface area contributed by atoms with Gasteiger partial charge in [0.1, 0.15) is 35.7 Å². The van der Waals surface area contributed by atoms with Gasteiger partial charge >= 0.3 is 11.6 Å². The third-order valence-corrected chi connectivity index (χ3v) is 6.09. The van der Waals surface area contributed by atoms with Crippen molar-refractivity contribution >= 4 is 22.7 Å². The second kappa shape index (κ2) is 10.2. The first-order valence-electron chi connectivity index (χ1n) is 11.0. The molecule has 5 N–H and O–H groups in total. The zero-order valence-electron chi connectivity index (χ0n) is 18.9. The Labute approximate surface area is 203 Å². The Morgan fingerprint density at radius 3 is 2.22 bits per heavy atom. The summed E-state index contributed by atoms with van der Waals surface area (Å²) in [7, 11) is 0. The highest BCUT2D eigenvalue weighted by molar-refractivity contribution is 5.86. The molecule has 2 aromatic carbocycles. The van der Waals surface area contributed by atoms with Crippen molar-refractivity contribution in [3.63, 3.8) is 0 Å². The van der Waals surface area contributed by atoms with Gasteiger partial charge in [0.2, 0.25) is 0 Å². The molecule has 11 nitrogen and oxygen atoms in total. The number of aliphatic carboxylic acids is 1.